The molecular weight excluding hydrogens is 262 g/mol. The zero-order chi connectivity index (χ0) is 14.6. The van der Waals surface area contributed by atoms with Crippen LogP contribution in [0.5, 0.6) is 0 Å². The molecule has 1 aliphatic heterocycles. The molecule has 7 nitrogen and oxygen atoms in total. The van der Waals surface area contributed by atoms with E-state index in [1.807, 2.05) is 6.92 Å². The van der Waals surface area contributed by atoms with Crippen molar-refractivity contribution >= 4 is 17.7 Å². The van der Waals surface area contributed by atoms with Crippen LogP contribution in [-0.2, 0) is 4.74 Å². The van der Waals surface area contributed by atoms with Crippen LogP contribution in [0, 0.1) is 0 Å². The maximum atomic E-state index is 11.7. The van der Waals surface area contributed by atoms with Gasteiger partial charge in [0, 0.05) is 13.2 Å². The van der Waals surface area contributed by atoms with Crippen LogP contribution in [0.25, 0.3) is 0 Å². The van der Waals surface area contributed by atoms with E-state index in [4.69, 9.17) is 9.84 Å². The van der Waals surface area contributed by atoms with Gasteiger partial charge in [-0.1, -0.05) is 0 Å². The van der Waals surface area contributed by atoms with E-state index in [2.05, 4.69) is 15.6 Å². The minimum Gasteiger partial charge on any atom is -0.477 e. The van der Waals surface area contributed by atoms with Gasteiger partial charge in [0.15, 0.2) is 0 Å². The number of carboxylic acids is 1. The van der Waals surface area contributed by atoms with Gasteiger partial charge >= 0.3 is 12.0 Å². The molecule has 7 heteroatoms. The second-order valence-corrected chi connectivity index (χ2v) is 4.95. The van der Waals surface area contributed by atoms with E-state index < -0.39 is 5.97 Å². The van der Waals surface area contributed by atoms with Crippen molar-refractivity contribution in [3.63, 3.8) is 0 Å². The molecule has 0 bridgehead atoms. The molecule has 1 aliphatic rings. The maximum Gasteiger partial charge on any atom is 0.354 e. The topological polar surface area (TPSA) is 101 Å². The Labute approximate surface area is 116 Å². The van der Waals surface area contributed by atoms with Crippen LogP contribution in [-0.4, -0.2) is 40.8 Å². The zero-order valence-corrected chi connectivity index (χ0v) is 11.2. The first kappa shape index (κ1) is 14.3. The number of amides is 2. The third kappa shape index (κ3) is 3.67. The summed E-state index contributed by atoms with van der Waals surface area (Å²) in [7, 11) is 0. The first-order valence-electron chi connectivity index (χ1n) is 6.37. The van der Waals surface area contributed by atoms with Crippen molar-refractivity contribution in [3.8, 4) is 0 Å². The van der Waals surface area contributed by atoms with E-state index in [0.29, 0.717) is 12.2 Å². The Morgan fingerprint density at radius 2 is 2.30 bits per heavy atom. The third-order valence-corrected chi connectivity index (χ3v) is 3.16. The van der Waals surface area contributed by atoms with Gasteiger partial charge in [-0.25, -0.2) is 14.6 Å². The number of carboxylic acid groups (broad SMARTS) is 1. The Hall–Kier alpha value is -2.15. The highest BCUT2D eigenvalue weighted by Crippen LogP contribution is 2.23. The Kier molecular flexibility index (Phi) is 4.19. The fourth-order valence-corrected chi connectivity index (χ4v) is 2.01. The van der Waals surface area contributed by atoms with Gasteiger partial charge in [-0.3, -0.25) is 0 Å². The highest BCUT2D eigenvalue weighted by atomic mass is 16.5. The number of hydrogen-bond acceptors (Lipinski definition) is 4. The number of carbonyl (C=O) groups is 2. The van der Waals surface area contributed by atoms with Gasteiger partial charge in [-0.15, -0.1) is 0 Å². The standard InChI is InChI=1S/C13H17N3O4/c1-13(5-2-6-20-13)8-15-12(19)16-9-3-4-10(11(17)18)14-7-9/h3-4,7H,2,5-6,8H2,1H3,(H,17,18)(H2,15,16,19). The number of nitrogens with zero attached hydrogens (tertiary/aromatic N) is 1. The normalized spacial score (nSPS) is 21.4. The molecule has 1 aromatic rings. The summed E-state index contributed by atoms with van der Waals surface area (Å²) in [5.41, 5.74) is 0.0655. The number of ether oxygens (including phenoxy) is 1. The second-order valence-electron chi connectivity index (χ2n) is 4.95. The van der Waals surface area contributed by atoms with Crippen LogP contribution in [0.2, 0.25) is 0 Å². The Morgan fingerprint density at radius 1 is 1.50 bits per heavy atom. The molecule has 3 N–H and O–H groups in total. The summed E-state index contributed by atoms with van der Waals surface area (Å²) in [6.45, 7) is 3.11. The quantitative estimate of drug-likeness (QED) is 0.775. The van der Waals surface area contributed by atoms with Gasteiger partial charge in [0.2, 0.25) is 0 Å². The molecule has 1 fully saturated rings. The zero-order valence-electron chi connectivity index (χ0n) is 11.2. The van der Waals surface area contributed by atoms with Gasteiger partial charge < -0.3 is 20.5 Å². The molecule has 0 aromatic carbocycles. The van der Waals surface area contributed by atoms with Crippen molar-refractivity contribution in [2.75, 3.05) is 18.5 Å². The fourth-order valence-electron chi connectivity index (χ4n) is 2.01. The van der Waals surface area contributed by atoms with Gasteiger partial charge in [0.1, 0.15) is 5.69 Å². The molecule has 20 heavy (non-hydrogen) atoms. The molecule has 0 saturated carbocycles. The number of aromatic nitrogens is 1. The number of aromatic carboxylic acids is 1. The molecule has 1 saturated heterocycles. The predicted octanol–water partition coefficient (Wildman–Crippen LogP) is 1.47. The molecule has 0 aliphatic carbocycles. The predicted molar refractivity (Wildman–Crippen MR) is 71.8 cm³/mol. The lowest BCUT2D eigenvalue weighted by Crippen LogP contribution is -2.41. The van der Waals surface area contributed by atoms with E-state index >= 15 is 0 Å². The van der Waals surface area contributed by atoms with Crippen molar-refractivity contribution < 1.29 is 19.4 Å². The van der Waals surface area contributed by atoms with Crippen molar-refractivity contribution in [1.29, 1.82) is 0 Å². The third-order valence-electron chi connectivity index (χ3n) is 3.16. The summed E-state index contributed by atoms with van der Waals surface area (Å²) in [6, 6.07) is 2.45. The van der Waals surface area contributed by atoms with Crippen LogP contribution < -0.4 is 10.6 Å². The number of pyridine rings is 1. The number of nitrogens with one attached hydrogen (secondary N) is 2. The van der Waals surface area contributed by atoms with Crippen molar-refractivity contribution in [3.05, 3.63) is 24.0 Å². The first-order chi connectivity index (χ1) is 9.48. The lowest BCUT2D eigenvalue weighted by Gasteiger charge is -2.23. The Bertz CT molecular complexity index is 495. The Morgan fingerprint density at radius 3 is 2.85 bits per heavy atom. The molecule has 108 valence electrons. The summed E-state index contributed by atoms with van der Waals surface area (Å²) < 4.78 is 5.56. The largest absolute Gasteiger partial charge is 0.477 e. The number of urea groups is 1. The van der Waals surface area contributed by atoms with Crippen molar-refractivity contribution in [2.45, 2.75) is 25.4 Å². The van der Waals surface area contributed by atoms with Crippen LogP contribution in [0.1, 0.15) is 30.3 Å². The van der Waals surface area contributed by atoms with Crippen molar-refractivity contribution in [2.24, 2.45) is 0 Å². The summed E-state index contributed by atoms with van der Waals surface area (Å²) in [5, 5.41) is 14.0. The average molecular weight is 279 g/mol. The molecular formula is C13H17N3O4. The van der Waals surface area contributed by atoms with Crippen LogP contribution in [0.3, 0.4) is 0 Å². The van der Waals surface area contributed by atoms with Crippen LogP contribution in [0.15, 0.2) is 18.3 Å². The summed E-state index contributed by atoms with van der Waals surface area (Å²) in [6.07, 6.45) is 3.22. The van der Waals surface area contributed by atoms with E-state index in [1.165, 1.54) is 18.3 Å². The minimum atomic E-state index is -1.10. The van der Waals surface area contributed by atoms with E-state index in [-0.39, 0.29) is 17.3 Å². The minimum absolute atomic E-state index is 0.0668. The molecule has 1 aromatic heterocycles. The van der Waals surface area contributed by atoms with Gasteiger partial charge in [-0.05, 0) is 31.9 Å². The lowest BCUT2D eigenvalue weighted by molar-refractivity contribution is 0.0232. The van der Waals surface area contributed by atoms with E-state index in [1.54, 1.807) is 0 Å². The van der Waals surface area contributed by atoms with Gasteiger partial charge in [-0.2, -0.15) is 0 Å². The number of hydrogen-bond donors (Lipinski definition) is 3. The average Bonchev–Trinajstić information content (AvgIpc) is 2.85. The fraction of sp³-hybridized carbons (Fsp3) is 0.462. The van der Waals surface area contributed by atoms with Gasteiger partial charge in [0.25, 0.3) is 0 Å². The smallest absolute Gasteiger partial charge is 0.354 e. The van der Waals surface area contributed by atoms with Crippen molar-refractivity contribution in [1.82, 2.24) is 10.3 Å². The highest BCUT2D eigenvalue weighted by molar-refractivity contribution is 5.90. The number of carbonyl (C=O) groups excluding carboxylic acids is 1. The molecule has 2 heterocycles. The Balaban J connectivity index is 1.83. The highest BCUT2D eigenvalue weighted by Gasteiger charge is 2.29. The molecule has 2 amide bonds. The molecule has 1 unspecified atom stereocenters. The molecule has 0 spiro atoms. The van der Waals surface area contributed by atoms with Crippen LogP contribution in [0.4, 0.5) is 10.5 Å². The summed E-state index contributed by atoms with van der Waals surface area (Å²) in [5.74, 6) is -1.10. The number of anilines is 1. The molecule has 2 rings (SSSR count). The van der Waals surface area contributed by atoms with E-state index in [9.17, 15) is 9.59 Å². The molecule has 0 radical (unpaired) electrons. The molecule has 1 atom stereocenters. The first-order valence-corrected chi connectivity index (χ1v) is 6.37. The summed E-state index contributed by atoms with van der Waals surface area (Å²) in [4.78, 5) is 26.1. The van der Waals surface area contributed by atoms with Gasteiger partial charge in [0.05, 0.1) is 17.5 Å². The second kappa shape index (κ2) is 5.87. The van der Waals surface area contributed by atoms with Crippen LogP contribution >= 0.6 is 0 Å². The SMILES string of the molecule is CC1(CNC(=O)Nc2ccc(C(=O)O)nc2)CCCO1. The maximum absolute atomic E-state index is 11.7. The van der Waals surface area contributed by atoms with E-state index in [0.717, 1.165) is 19.4 Å². The summed E-state index contributed by atoms with van der Waals surface area (Å²) >= 11 is 0. The lowest BCUT2D eigenvalue weighted by atomic mass is 10.0. The number of rotatable bonds is 4. The monoisotopic (exact) mass is 279 g/mol.